The van der Waals surface area contributed by atoms with Gasteiger partial charge in [-0.05, 0) is 48.1 Å². The Kier molecular flexibility index (Phi) is 5.81. The van der Waals surface area contributed by atoms with Gasteiger partial charge in [0.25, 0.3) is 5.09 Å². The van der Waals surface area contributed by atoms with E-state index < -0.39 is 23.1 Å². The van der Waals surface area contributed by atoms with Gasteiger partial charge >= 0.3 is 5.97 Å². The Hall–Kier alpha value is -2.71. The quantitative estimate of drug-likeness (QED) is 0.553. The number of hydrogen-bond acceptors (Lipinski definition) is 6. The molecule has 3 atom stereocenters. The van der Waals surface area contributed by atoms with E-state index in [0.717, 1.165) is 27.9 Å². The van der Waals surface area contributed by atoms with Gasteiger partial charge < -0.3 is 9.84 Å². The van der Waals surface area contributed by atoms with E-state index in [0.29, 0.717) is 11.6 Å². The number of hydrogen-bond donors (Lipinski definition) is 1. The summed E-state index contributed by atoms with van der Waals surface area (Å²) in [6.07, 6.45) is 0.177. The monoisotopic (exact) mass is 406 g/mol. The van der Waals surface area contributed by atoms with Gasteiger partial charge in [0.05, 0.1) is 6.61 Å². The van der Waals surface area contributed by atoms with Crippen molar-refractivity contribution in [2.75, 3.05) is 0 Å². The molecule has 2 unspecified atom stereocenters. The van der Waals surface area contributed by atoms with Gasteiger partial charge in [-0.15, -0.1) is 10.1 Å². The van der Waals surface area contributed by atoms with Crippen molar-refractivity contribution >= 4 is 17.6 Å². The standard InChI is InChI=1S/C19H19ClN2O6/c1-10(17(19(23)24)28-22(25)26)7-14-11(2)21-8-15-16(14)9-27-18(15)12-3-5-13(20)6-4-12/h3-6,8,10,17-18H,7,9H2,1-2H3,(H,23,24)/t10?,17?,18-/m0/s1. The molecule has 0 saturated carbocycles. The van der Waals surface area contributed by atoms with Crippen LogP contribution >= 0.6 is 11.6 Å². The van der Waals surface area contributed by atoms with E-state index in [1.807, 2.05) is 19.1 Å². The third-order valence-electron chi connectivity index (χ3n) is 4.88. The summed E-state index contributed by atoms with van der Waals surface area (Å²) < 4.78 is 5.96. The molecule has 1 aromatic heterocycles. The lowest BCUT2D eigenvalue weighted by molar-refractivity contribution is -0.766. The molecule has 0 amide bonds. The highest BCUT2D eigenvalue weighted by atomic mass is 35.5. The number of rotatable bonds is 7. The minimum Gasteiger partial charge on any atom is -0.480 e. The van der Waals surface area contributed by atoms with Gasteiger partial charge in [-0.1, -0.05) is 30.7 Å². The summed E-state index contributed by atoms with van der Waals surface area (Å²) in [6.45, 7) is 3.78. The molecule has 0 aliphatic carbocycles. The molecule has 2 heterocycles. The number of carboxylic acid groups (broad SMARTS) is 1. The van der Waals surface area contributed by atoms with E-state index in [4.69, 9.17) is 16.3 Å². The van der Waals surface area contributed by atoms with Gasteiger partial charge in [0.2, 0.25) is 6.10 Å². The highest BCUT2D eigenvalue weighted by molar-refractivity contribution is 6.30. The van der Waals surface area contributed by atoms with Crippen molar-refractivity contribution in [1.82, 2.24) is 4.98 Å². The third-order valence-corrected chi connectivity index (χ3v) is 5.13. The second-order valence-electron chi connectivity index (χ2n) is 6.77. The van der Waals surface area contributed by atoms with E-state index in [1.54, 1.807) is 25.3 Å². The molecule has 1 aromatic carbocycles. The van der Waals surface area contributed by atoms with Gasteiger partial charge in [-0.2, -0.15) is 0 Å². The zero-order chi connectivity index (χ0) is 20.4. The molecule has 1 N–H and O–H groups in total. The number of pyridine rings is 1. The van der Waals surface area contributed by atoms with Crippen molar-refractivity contribution < 1.29 is 24.6 Å². The normalized spacial score (nSPS) is 17.6. The molecule has 0 radical (unpaired) electrons. The molecule has 9 heteroatoms. The summed E-state index contributed by atoms with van der Waals surface area (Å²) in [5, 5.41) is 19.4. The Balaban J connectivity index is 1.90. The fourth-order valence-corrected chi connectivity index (χ4v) is 3.59. The van der Waals surface area contributed by atoms with Crippen LogP contribution in [0.1, 0.15) is 41.0 Å². The molecule has 2 aromatic rings. The van der Waals surface area contributed by atoms with Crippen molar-refractivity contribution in [3.8, 4) is 0 Å². The number of aryl methyl sites for hydroxylation is 1. The second-order valence-corrected chi connectivity index (χ2v) is 7.20. The average molecular weight is 407 g/mol. The second kappa shape index (κ2) is 8.12. The van der Waals surface area contributed by atoms with Crippen LogP contribution in [0.15, 0.2) is 30.5 Å². The number of benzene rings is 1. The van der Waals surface area contributed by atoms with Crippen LogP contribution in [0.5, 0.6) is 0 Å². The summed E-state index contributed by atoms with van der Waals surface area (Å²) >= 11 is 5.95. The van der Waals surface area contributed by atoms with Gasteiger partial charge in [0.15, 0.2) is 0 Å². The number of fused-ring (bicyclic) bond motifs is 1. The minimum atomic E-state index is -1.56. The van der Waals surface area contributed by atoms with Gasteiger partial charge in [0, 0.05) is 22.5 Å². The molecular weight excluding hydrogens is 388 g/mol. The SMILES string of the molecule is Cc1ncc2c(c1CC(C)C(O[N+](=O)[O-])C(=O)O)CO[C@H]2c1ccc(Cl)cc1. The van der Waals surface area contributed by atoms with Crippen molar-refractivity contribution in [2.45, 2.75) is 39.1 Å². The number of nitrogens with zero attached hydrogens (tertiary/aromatic N) is 2. The molecule has 0 fully saturated rings. The number of halogens is 1. The summed E-state index contributed by atoms with van der Waals surface area (Å²) in [6, 6.07) is 7.34. The van der Waals surface area contributed by atoms with Crippen molar-refractivity contribution in [2.24, 2.45) is 5.92 Å². The fraction of sp³-hybridized carbons (Fsp3) is 0.368. The van der Waals surface area contributed by atoms with Crippen LogP contribution < -0.4 is 0 Å². The average Bonchev–Trinajstić information content (AvgIpc) is 3.06. The molecule has 148 valence electrons. The Morgan fingerprint density at radius 2 is 2.14 bits per heavy atom. The van der Waals surface area contributed by atoms with Crippen LogP contribution in [0, 0.1) is 23.0 Å². The summed E-state index contributed by atoms with van der Waals surface area (Å²) in [7, 11) is 0. The predicted molar refractivity (Wildman–Crippen MR) is 99.4 cm³/mol. The first-order valence-corrected chi connectivity index (χ1v) is 9.04. The predicted octanol–water partition coefficient (Wildman–Crippen LogP) is 3.50. The maximum atomic E-state index is 11.4. The van der Waals surface area contributed by atoms with Crippen LogP contribution in [-0.2, 0) is 27.4 Å². The lowest BCUT2D eigenvalue weighted by atomic mass is 9.89. The number of carbonyl (C=O) groups is 1. The van der Waals surface area contributed by atoms with E-state index in [9.17, 15) is 20.0 Å². The smallest absolute Gasteiger partial charge is 0.333 e. The first kappa shape index (κ1) is 20.0. The highest BCUT2D eigenvalue weighted by Gasteiger charge is 2.33. The zero-order valence-corrected chi connectivity index (χ0v) is 16.0. The molecule has 3 rings (SSSR count). The van der Waals surface area contributed by atoms with Crippen molar-refractivity contribution in [3.05, 3.63) is 73.5 Å². The first-order valence-electron chi connectivity index (χ1n) is 8.66. The van der Waals surface area contributed by atoms with Crippen LogP contribution in [-0.4, -0.2) is 27.3 Å². The Morgan fingerprint density at radius 1 is 1.46 bits per heavy atom. The van der Waals surface area contributed by atoms with Crippen LogP contribution in [0.4, 0.5) is 0 Å². The third kappa shape index (κ3) is 4.07. The summed E-state index contributed by atoms with van der Waals surface area (Å²) in [5.74, 6) is -2.01. The topological polar surface area (TPSA) is 112 Å². The Bertz CT molecular complexity index is 902. The number of aromatic nitrogens is 1. The van der Waals surface area contributed by atoms with Crippen LogP contribution in [0.25, 0.3) is 0 Å². The summed E-state index contributed by atoms with van der Waals surface area (Å²) in [4.78, 5) is 30.8. The van der Waals surface area contributed by atoms with Crippen LogP contribution in [0.3, 0.4) is 0 Å². The number of aliphatic carboxylic acids is 1. The van der Waals surface area contributed by atoms with Crippen LogP contribution in [0.2, 0.25) is 5.02 Å². The zero-order valence-electron chi connectivity index (χ0n) is 15.3. The molecular formula is C19H19ClN2O6. The molecule has 0 bridgehead atoms. The molecule has 28 heavy (non-hydrogen) atoms. The summed E-state index contributed by atoms with van der Waals surface area (Å²) in [5.41, 5.74) is 4.34. The fourth-order valence-electron chi connectivity index (χ4n) is 3.47. The van der Waals surface area contributed by atoms with Gasteiger partial charge in [-0.3, -0.25) is 9.82 Å². The molecule has 1 aliphatic heterocycles. The molecule has 1 aliphatic rings. The van der Waals surface area contributed by atoms with E-state index in [-0.39, 0.29) is 12.5 Å². The minimum absolute atomic E-state index is 0.267. The van der Waals surface area contributed by atoms with E-state index in [1.165, 1.54) is 0 Å². The van der Waals surface area contributed by atoms with Crippen molar-refractivity contribution in [1.29, 1.82) is 0 Å². The molecule has 0 saturated heterocycles. The molecule has 8 nitrogen and oxygen atoms in total. The van der Waals surface area contributed by atoms with Crippen molar-refractivity contribution in [3.63, 3.8) is 0 Å². The Morgan fingerprint density at radius 3 is 2.75 bits per heavy atom. The number of ether oxygens (including phenoxy) is 1. The Labute approximate surface area is 166 Å². The van der Waals surface area contributed by atoms with Gasteiger partial charge in [0.1, 0.15) is 6.10 Å². The number of carboxylic acids is 1. The maximum absolute atomic E-state index is 11.4. The lowest BCUT2D eigenvalue weighted by Gasteiger charge is -2.20. The van der Waals surface area contributed by atoms with E-state index >= 15 is 0 Å². The van der Waals surface area contributed by atoms with E-state index in [2.05, 4.69) is 9.82 Å². The highest BCUT2D eigenvalue weighted by Crippen LogP contribution is 2.38. The molecule has 0 spiro atoms. The lowest BCUT2D eigenvalue weighted by Crippen LogP contribution is -2.34. The largest absolute Gasteiger partial charge is 0.480 e. The maximum Gasteiger partial charge on any atom is 0.333 e. The first-order chi connectivity index (χ1) is 13.3. The van der Waals surface area contributed by atoms with Gasteiger partial charge in [-0.25, -0.2) is 4.79 Å².